The second kappa shape index (κ2) is 10.2. The van der Waals surface area contributed by atoms with E-state index in [0.717, 1.165) is 5.56 Å². The summed E-state index contributed by atoms with van der Waals surface area (Å²) in [6.07, 6.45) is -1.50. The number of esters is 1. The van der Waals surface area contributed by atoms with Crippen molar-refractivity contribution in [1.82, 2.24) is 14.8 Å². The van der Waals surface area contributed by atoms with Crippen molar-refractivity contribution in [3.63, 3.8) is 0 Å². The molecular weight excluding hydrogens is 491 g/mol. The van der Waals surface area contributed by atoms with Crippen molar-refractivity contribution < 1.29 is 37.0 Å². The lowest BCUT2D eigenvalue weighted by Gasteiger charge is -2.51. The molecule has 1 aromatic carbocycles. The molecule has 1 aromatic heterocycles. The number of amides is 1. The van der Waals surface area contributed by atoms with Crippen molar-refractivity contribution in [2.45, 2.75) is 38.1 Å². The van der Waals surface area contributed by atoms with Crippen molar-refractivity contribution in [3.8, 4) is 11.5 Å². The Labute approximate surface area is 212 Å². The van der Waals surface area contributed by atoms with Crippen LogP contribution in [0.25, 0.3) is 0 Å². The summed E-state index contributed by atoms with van der Waals surface area (Å²) in [7, 11) is 0. The van der Waals surface area contributed by atoms with Gasteiger partial charge in [-0.2, -0.15) is 13.2 Å². The molecule has 4 heterocycles. The minimum Gasteiger partial charge on any atom is -0.486 e. The number of hydrogen-bond acceptors (Lipinski definition) is 7. The molecule has 0 bridgehead atoms. The Morgan fingerprint density at radius 3 is 2.46 bits per heavy atom. The third-order valence-electron chi connectivity index (χ3n) is 7.53. The minimum atomic E-state index is -5.08. The molecule has 0 saturated carbocycles. The Balaban J connectivity index is 1.31. The lowest BCUT2D eigenvalue weighted by atomic mass is 9.69. The minimum absolute atomic E-state index is 0.144. The van der Waals surface area contributed by atoms with Crippen molar-refractivity contribution in [3.05, 3.63) is 53.9 Å². The summed E-state index contributed by atoms with van der Waals surface area (Å²) in [5.74, 6) is -1.04. The quantitative estimate of drug-likeness (QED) is 0.573. The first-order valence-electron chi connectivity index (χ1n) is 12.3. The number of rotatable bonds is 4. The fourth-order valence-corrected chi connectivity index (χ4v) is 5.47. The van der Waals surface area contributed by atoms with Crippen LogP contribution in [0.1, 0.15) is 35.2 Å². The van der Waals surface area contributed by atoms with Crippen molar-refractivity contribution in [1.29, 1.82) is 0 Å². The number of aromatic nitrogens is 1. The topological polar surface area (TPSA) is 81.2 Å². The van der Waals surface area contributed by atoms with Gasteiger partial charge in [-0.15, -0.1) is 0 Å². The van der Waals surface area contributed by atoms with E-state index in [4.69, 9.17) is 14.2 Å². The Morgan fingerprint density at radius 1 is 1.03 bits per heavy atom. The maximum Gasteiger partial charge on any atom is 0.490 e. The lowest BCUT2D eigenvalue weighted by Crippen LogP contribution is -2.57. The molecule has 8 nitrogen and oxygen atoms in total. The molecule has 2 aromatic rings. The third kappa shape index (κ3) is 5.36. The van der Waals surface area contributed by atoms with E-state index in [9.17, 15) is 22.8 Å². The lowest BCUT2D eigenvalue weighted by molar-refractivity contribution is -0.216. The average molecular weight is 520 g/mol. The van der Waals surface area contributed by atoms with Gasteiger partial charge in [0.15, 0.2) is 11.5 Å². The molecule has 2 fully saturated rings. The number of carbonyl (C=O) groups excluding carboxylic acids is 2. The molecule has 0 N–H and O–H groups in total. The van der Waals surface area contributed by atoms with E-state index in [1.54, 1.807) is 29.4 Å². The summed E-state index contributed by atoms with van der Waals surface area (Å²) in [6, 6.07) is 8.84. The molecular formula is C26H28F3N3O5. The number of benzene rings is 1. The van der Waals surface area contributed by atoms with Crippen molar-refractivity contribution in [2.75, 3.05) is 39.4 Å². The van der Waals surface area contributed by atoms with Crippen LogP contribution in [0.3, 0.4) is 0 Å². The standard InChI is InChI=1S/C26H28F3N3O5/c27-26(28,29)24(34)37-21-17-31(16-19-2-1-3-20-22(19)36-15-14-35-20)11-6-25(21)7-12-32(13-8-25)23(33)18-4-9-30-10-5-18/h1-5,9-10,21H,6-8,11-17H2. The number of hydrogen-bond donors (Lipinski definition) is 0. The van der Waals surface area contributed by atoms with Crippen LogP contribution in [0, 0.1) is 5.41 Å². The van der Waals surface area contributed by atoms with Crippen LogP contribution >= 0.6 is 0 Å². The zero-order valence-corrected chi connectivity index (χ0v) is 20.2. The van der Waals surface area contributed by atoms with E-state index >= 15 is 0 Å². The number of nitrogens with zero attached hydrogens (tertiary/aromatic N) is 3. The number of para-hydroxylation sites is 1. The molecule has 1 spiro atoms. The molecule has 11 heteroatoms. The van der Waals surface area contributed by atoms with Gasteiger partial charge in [-0.25, -0.2) is 4.79 Å². The molecule has 1 unspecified atom stereocenters. The van der Waals surface area contributed by atoms with Gasteiger partial charge in [-0.05, 0) is 44.0 Å². The summed E-state index contributed by atoms with van der Waals surface area (Å²) >= 11 is 0. The highest BCUT2D eigenvalue weighted by molar-refractivity contribution is 5.94. The molecule has 2 saturated heterocycles. The second-order valence-corrected chi connectivity index (χ2v) is 9.71. The Bertz CT molecular complexity index is 1140. The Kier molecular flexibility index (Phi) is 6.98. The fraction of sp³-hybridized carbons (Fsp3) is 0.500. The number of piperidine rings is 2. The fourth-order valence-electron chi connectivity index (χ4n) is 5.47. The summed E-state index contributed by atoms with van der Waals surface area (Å²) in [5.41, 5.74) is 0.743. The number of halogens is 3. The molecule has 5 rings (SSSR count). The molecule has 3 aliphatic rings. The van der Waals surface area contributed by atoms with Crippen LogP contribution in [0.15, 0.2) is 42.7 Å². The first-order valence-corrected chi connectivity index (χ1v) is 12.3. The summed E-state index contributed by atoms with van der Waals surface area (Å²) in [5, 5.41) is 0. The van der Waals surface area contributed by atoms with Crippen LogP contribution in [0.5, 0.6) is 11.5 Å². The van der Waals surface area contributed by atoms with Gasteiger partial charge >= 0.3 is 12.1 Å². The molecule has 1 atom stereocenters. The van der Waals surface area contributed by atoms with Gasteiger partial charge in [0.2, 0.25) is 0 Å². The molecule has 1 amide bonds. The zero-order chi connectivity index (χ0) is 26.0. The maximum absolute atomic E-state index is 13.2. The number of carbonyl (C=O) groups is 2. The largest absolute Gasteiger partial charge is 0.490 e. The van der Waals surface area contributed by atoms with E-state index in [1.165, 1.54) is 0 Å². The van der Waals surface area contributed by atoms with Gasteiger partial charge in [-0.3, -0.25) is 14.7 Å². The molecule has 0 radical (unpaired) electrons. The number of fused-ring (bicyclic) bond motifs is 1. The van der Waals surface area contributed by atoms with Crippen LogP contribution in [0.4, 0.5) is 13.2 Å². The summed E-state index contributed by atoms with van der Waals surface area (Å²) < 4.78 is 56.1. The van der Waals surface area contributed by atoms with Crippen LogP contribution in [0.2, 0.25) is 0 Å². The smallest absolute Gasteiger partial charge is 0.486 e. The van der Waals surface area contributed by atoms with E-state index in [2.05, 4.69) is 4.98 Å². The van der Waals surface area contributed by atoms with Crippen LogP contribution < -0.4 is 9.47 Å². The SMILES string of the molecule is O=C(c1ccncc1)N1CCC2(CCN(Cc3cccc4c3OCCO4)CC2OC(=O)C(F)(F)F)CC1. The van der Waals surface area contributed by atoms with Crippen LogP contribution in [-0.2, 0) is 16.1 Å². The van der Waals surface area contributed by atoms with Crippen LogP contribution in [-0.4, -0.2) is 78.3 Å². The van der Waals surface area contributed by atoms with Gasteiger partial charge in [0.1, 0.15) is 19.3 Å². The van der Waals surface area contributed by atoms with Gasteiger partial charge in [0.05, 0.1) is 0 Å². The van der Waals surface area contributed by atoms with Crippen molar-refractivity contribution in [2.24, 2.45) is 5.41 Å². The molecule has 3 aliphatic heterocycles. The molecule has 198 valence electrons. The maximum atomic E-state index is 13.2. The first kappa shape index (κ1) is 25.3. The van der Waals surface area contributed by atoms with Gasteiger partial charge in [0, 0.05) is 55.1 Å². The Hall–Kier alpha value is -3.34. The van der Waals surface area contributed by atoms with E-state index in [1.807, 2.05) is 23.1 Å². The first-order chi connectivity index (χ1) is 17.7. The zero-order valence-electron chi connectivity index (χ0n) is 20.2. The Morgan fingerprint density at radius 2 is 1.73 bits per heavy atom. The van der Waals surface area contributed by atoms with E-state index in [0.29, 0.717) is 75.7 Å². The van der Waals surface area contributed by atoms with Gasteiger partial charge < -0.3 is 19.1 Å². The van der Waals surface area contributed by atoms with Crippen molar-refractivity contribution >= 4 is 11.9 Å². The van der Waals surface area contributed by atoms with E-state index in [-0.39, 0.29) is 12.5 Å². The number of ether oxygens (including phenoxy) is 3. The highest BCUT2D eigenvalue weighted by Crippen LogP contribution is 2.45. The summed E-state index contributed by atoms with van der Waals surface area (Å²) in [6.45, 7) is 2.83. The average Bonchev–Trinajstić information content (AvgIpc) is 2.91. The summed E-state index contributed by atoms with van der Waals surface area (Å²) in [4.78, 5) is 32.4. The predicted octanol–water partition coefficient (Wildman–Crippen LogP) is 3.46. The third-order valence-corrected chi connectivity index (χ3v) is 7.53. The van der Waals surface area contributed by atoms with E-state index < -0.39 is 23.7 Å². The highest BCUT2D eigenvalue weighted by Gasteiger charge is 2.51. The predicted molar refractivity (Wildman–Crippen MR) is 125 cm³/mol. The van der Waals surface area contributed by atoms with Gasteiger partial charge in [0.25, 0.3) is 5.91 Å². The normalized spacial score (nSPS) is 21.5. The second-order valence-electron chi connectivity index (χ2n) is 9.71. The highest BCUT2D eigenvalue weighted by atomic mass is 19.4. The monoisotopic (exact) mass is 519 g/mol. The number of alkyl halides is 3. The molecule has 37 heavy (non-hydrogen) atoms. The van der Waals surface area contributed by atoms with Gasteiger partial charge in [-0.1, -0.05) is 12.1 Å². The number of pyridine rings is 1. The molecule has 0 aliphatic carbocycles. The number of likely N-dealkylation sites (tertiary alicyclic amines) is 2.